The maximum Gasteiger partial charge on any atom is 0.407 e. The largest absolute Gasteiger partial charge is 0.465 e. The second-order valence-electron chi connectivity index (χ2n) is 5.55. The first kappa shape index (κ1) is 17.1. The number of aliphatic hydroxyl groups is 1. The predicted octanol–water partition coefficient (Wildman–Crippen LogP) is 1.81. The number of carboxylic acid groups (broad SMARTS) is 1. The third-order valence-electron chi connectivity index (χ3n) is 3.99. The number of nitrogens with one attached hydrogen (secondary N) is 1. The van der Waals surface area contributed by atoms with Crippen LogP contribution in [0.5, 0.6) is 0 Å². The van der Waals surface area contributed by atoms with E-state index in [1.54, 1.807) is 0 Å². The fourth-order valence-corrected chi connectivity index (χ4v) is 2.83. The monoisotopic (exact) mass is 322 g/mol. The van der Waals surface area contributed by atoms with Crippen LogP contribution in [0.3, 0.4) is 0 Å². The summed E-state index contributed by atoms with van der Waals surface area (Å²) in [6.45, 7) is 0.136. The lowest BCUT2D eigenvalue weighted by Gasteiger charge is -2.39. The molecule has 0 bridgehead atoms. The van der Waals surface area contributed by atoms with Crippen LogP contribution in [-0.2, 0) is 11.3 Å². The van der Waals surface area contributed by atoms with Crippen LogP contribution in [-0.4, -0.2) is 52.5 Å². The Kier molecular flexibility index (Phi) is 6.22. The van der Waals surface area contributed by atoms with Gasteiger partial charge in [0.2, 0.25) is 0 Å². The van der Waals surface area contributed by atoms with Gasteiger partial charge in [-0.3, -0.25) is 4.90 Å². The van der Waals surface area contributed by atoms with Gasteiger partial charge in [-0.15, -0.1) is 0 Å². The molecule has 23 heavy (non-hydrogen) atoms. The summed E-state index contributed by atoms with van der Waals surface area (Å²) in [5.41, 5.74) is 0.882. The first-order valence-corrected chi connectivity index (χ1v) is 7.68. The summed E-state index contributed by atoms with van der Waals surface area (Å²) in [6, 6.07) is 8.55. The Labute approximate surface area is 134 Å². The van der Waals surface area contributed by atoms with Crippen molar-refractivity contribution in [2.24, 2.45) is 0 Å². The highest BCUT2D eigenvalue weighted by atomic mass is 16.5. The smallest absolute Gasteiger partial charge is 0.407 e. The maximum absolute atomic E-state index is 11.7. The summed E-state index contributed by atoms with van der Waals surface area (Å²) in [5, 5.41) is 21.2. The Bertz CT molecular complexity index is 522. The molecule has 0 aromatic heterocycles. The molecule has 2 atom stereocenters. The van der Waals surface area contributed by atoms with Crippen molar-refractivity contribution in [3.05, 3.63) is 35.9 Å². The number of nitrogens with zero attached hydrogens (tertiary/aromatic N) is 1. The minimum absolute atomic E-state index is 0.166. The average Bonchev–Trinajstić information content (AvgIpc) is 2.58. The number of carbonyl (C=O) groups is 2. The maximum atomic E-state index is 11.7. The highest BCUT2D eigenvalue weighted by Crippen LogP contribution is 2.22. The van der Waals surface area contributed by atoms with Crippen LogP contribution in [0.15, 0.2) is 30.3 Å². The molecule has 1 aliphatic heterocycles. The van der Waals surface area contributed by atoms with Gasteiger partial charge in [-0.05, 0) is 24.8 Å². The van der Waals surface area contributed by atoms with Crippen molar-refractivity contribution in [3.8, 4) is 0 Å². The highest BCUT2D eigenvalue weighted by Gasteiger charge is 2.33. The van der Waals surface area contributed by atoms with E-state index >= 15 is 0 Å². The van der Waals surface area contributed by atoms with Crippen molar-refractivity contribution >= 4 is 12.2 Å². The molecule has 1 aliphatic rings. The fourth-order valence-electron chi connectivity index (χ4n) is 2.83. The molecule has 3 N–H and O–H groups in total. The standard InChI is InChI=1S/C16H22N2O5/c19-10-14-8-4-7-13(18(14)16(21)22)9-17-15(20)23-11-12-5-2-1-3-6-12/h1-3,5-6,13-14,19H,4,7-11H2,(H,17,20)(H,21,22). The first-order chi connectivity index (χ1) is 11.1. The van der Waals surface area contributed by atoms with Crippen LogP contribution in [0.2, 0.25) is 0 Å². The number of amides is 2. The zero-order valence-corrected chi connectivity index (χ0v) is 12.9. The Hall–Kier alpha value is -2.28. The van der Waals surface area contributed by atoms with E-state index in [9.17, 15) is 19.8 Å². The fraction of sp³-hybridized carbons (Fsp3) is 0.500. The van der Waals surface area contributed by atoms with Crippen molar-refractivity contribution in [1.82, 2.24) is 10.2 Å². The van der Waals surface area contributed by atoms with Gasteiger partial charge in [0.05, 0.1) is 18.7 Å². The van der Waals surface area contributed by atoms with E-state index < -0.39 is 18.2 Å². The number of carbonyl (C=O) groups excluding carboxylic acids is 1. The molecule has 2 rings (SSSR count). The summed E-state index contributed by atoms with van der Waals surface area (Å²) >= 11 is 0. The van der Waals surface area contributed by atoms with Crippen molar-refractivity contribution in [1.29, 1.82) is 0 Å². The lowest BCUT2D eigenvalue weighted by molar-refractivity contribution is 0.0441. The molecule has 1 heterocycles. The molecule has 1 saturated heterocycles. The number of piperidine rings is 1. The van der Waals surface area contributed by atoms with E-state index in [2.05, 4.69) is 5.32 Å². The summed E-state index contributed by atoms with van der Waals surface area (Å²) in [7, 11) is 0. The summed E-state index contributed by atoms with van der Waals surface area (Å²) in [5.74, 6) is 0. The number of benzene rings is 1. The van der Waals surface area contributed by atoms with E-state index in [4.69, 9.17) is 4.74 Å². The minimum atomic E-state index is -1.08. The second-order valence-corrected chi connectivity index (χ2v) is 5.55. The van der Waals surface area contributed by atoms with Crippen molar-refractivity contribution in [2.45, 2.75) is 38.0 Å². The lowest BCUT2D eigenvalue weighted by Crippen LogP contribution is -2.54. The first-order valence-electron chi connectivity index (χ1n) is 7.68. The second kappa shape index (κ2) is 8.38. The van der Waals surface area contributed by atoms with Crippen LogP contribution in [0.1, 0.15) is 24.8 Å². The number of hydrogen-bond donors (Lipinski definition) is 3. The van der Waals surface area contributed by atoms with Crippen molar-refractivity contribution in [3.63, 3.8) is 0 Å². The van der Waals surface area contributed by atoms with Gasteiger partial charge in [-0.1, -0.05) is 30.3 Å². The lowest BCUT2D eigenvalue weighted by atomic mass is 9.96. The van der Waals surface area contributed by atoms with E-state index in [1.165, 1.54) is 4.90 Å². The van der Waals surface area contributed by atoms with Gasteiger partial charge in [-0.25, -0.2) is 9.59 Å². The van der Waals surface area contributed by atoms with Gasteiger partial charge in [0.1, 0.15) is 6.61 Å². The molecule has 126 valence electrons. The molecule has 0 aliphatic carbocycles. The van der Waals surface area contributed by atoms with Crippen LogP contribution in [0, 0.1) is 0 Å². The Balaban J connectivity index is 1.81. The van der Waals surface area contributed by atoms with Gasteiger partial charge in [0.15, 0.2) is 0 Å². The number of alkyl carbamates (subject to hydrolysis) is 1. The molecular weight excluding hydrogens is 300 g/mol. The number of rotatable bonds is 5. The molecule has 7 nitrogen and oxygen atoms in total. The SMILES string of the molecule is O=C(NCC1CCCC(CO)N1C(=O)O)OCc1ccccc1. The normalized spacial score (nSPS) is 20.8. The predicted molar refractivity (Wildman–Crippen MR) is 83.0 cm³/mol. The molecule has 1 fully saturated rings. The zero-order valence-electron chi connectivity index (χ0n) is 12.9. The zero-order chi connectivity index (χ0) is 16.7. The van der Waals surface area contributed by atoms with Crippen LogP contribution in [0.25, 0.3) is 0 Å². The molecule has 2 unspecified atom stereocenters. The molecule has 1 aromatic rings. The molecular formula is C16H22N2O5. The van der Waals surface area contributed by atoms with Crippen molar-refractivity contribution < 1.29 is 24.5 Å². The highest BCUT2D eigenvalue weighted by molar-refractivity contribution is 5.68. The van der Waals surface area contributed by atoms with Crippen LogP contribution >= 0.6 is 0 Å². The van der Waals surface area contributed by atoms with Crippen molar-refractivity contribution in [2.75, 3.05) is 13.2 Å². The van der Waals surface area contributed by atoms with Gasteiger partial charge in [0.25, 0.3) is 0 Å². The average molecular weight is 322 g/mol. The van der Waals surface area contributed by atoms with Crippen LogP contribution < -0.4 is 5.32 Å². The Morgan fingerprint density at radius 3 is 2.57 bits per heavy atom. The topological polar surface area (TPSA) is 99.1 Å². The van der Waals surface area contributed by atoms with Gasteiger partial charge in [-0.2, -0.15) is 0 Å². The van der Waals surface area contributed by atoms with Gasteiger partial charge < -0.3 is 20.3 Å². The van der Waals surface area contributed by atoms with Crippen LogP contribution in [0.4, 0.5) is 9.59 Å². The minimum Gasteiger partial charge on any atom is -0.465 e. The molecule has 0 saturated carbocycles. The quantitative estimate of drug-likeness (QED) is 0.768. The third-order valence-corrected chi connectivity index (χ3v) is 3.99. The Morgan fingerprint density at radius 1 is 1.22 bits per heavy atom. The van der Waals surface area contributed by atoms with E-state index in [-0.39, 0.29) is 25.8 Å². The number of ether oxygens (including phenoxy) is 1. The van der Waals surface area contributed by atoms with E-state index in [0.29, 0.717) is 12.8 Å². The molecule has 7 heteroatoms. The number of likely N-dealkylation sites (tertiary alicyclic amines) is 1. The molecule has 2 amide bonds. The van der Waals surface area contributed by atoms with E-state index in [0.717, 1.165) is 12.0 Å². The van der Waals surface area contributed by atoms with Gasteiger partial charge in [0, 0.05) is 6.54 Å². The summed E-state index contributed by atoms with van der Waals surface area (Å²) in [4.78, 5) is 24.3. The van der Waals surface area contributed by atoms with E-state index in [1.807, 2.05) is 30.3 Å². The summed E-state index contributed by atoms with van der Waals surface area (Å²) < 4.78 is 5.10. The number of aliphatic hydroxyl groups excluding tert-OH is 1. The summed E-state index contributed by atoms with van der Waals surface area (Å²) in [6.07, 6.45) is 0.457. The van der Waals surface area contributed by atoms with Gasteiger partial charge >= 0.3 is 12.2 Å². The Morgan fingerprint density at radius 2 is 1.91 bits per heavy atom. The molecule has 0 spiro atoms. The third kappa shape index (κ3) is 4.85. The number of hydrogen-bond acceptors (Lipinski definition) is 4. The molecule has 1 aromatic carbocycles. The molecule has 0 radical (unpaired) electrons.